The van der Waals surface area contributed by atoms with Crippen LogP contribution in [-0.4, -0.2) is 72.1 Å². The molecule has 48 heavy (non-hydrogen) atoms. The van der Waals surface area contributed by atoms with Gasteiger partial charge in [0.25, 0.3) is 5.92 Å². The molecule has 2 fully saturated rings. The first-order valence-corrected chi connectivity index (χ1v) is 16.3. The molecular formula is C36H40F2N6O4. The minimum atomic E-state index is -3.05. The number of carbonyl (C=O) groups excluding carboxylic acids is 2. The smallest absolute Gasteiger partial charge is 0.411 e. The Balaban J connectivity index is 1.16. The number of likely N-dealkylation sites (tertiary alicyclic amines) is 2. The lowest BCUT2D eigenvalue weighted by atomic mass is 10.0. The number of alkyl halides is 2. The van der Waals surface area contributed by atoms with Crippen LogP contribution in [0.3, 0.4) is 0 Å². The van der Waals surface area contributed by atoms with E-state index in [1.165, 1.54) is 0 Å². The number of carbonyl (C=O) groups is 2. The second-order valence-electron chi connectivity index (χ2n) is 14.9. The number of ether oxygens (including phenoxy) is 2. The van der Waals surface area contributed by atoms with E-state index in [2.05, 4.69) is 21.0 Å². The van der Waals surface area contributed by atoms with Gasteiger partial charge >= 0.3 is 12.2 Å². The highest BCUT2D eigenvalue weighted by Crippen LogP contribution is 2.42. The standard InChI is InChI=1S/C36H40F2N6O4/c1-34(2,3)47-32(45)43-15-7-8-27(43)30-40-25-14-11-22-16-20(9-12-23(22)29(25)42-30)21-10-13-24-26(17-21)41-31(39-24)28-18-36(37,38)19-44(28)33(46)48-35(4,5)6/h9-14,16-17,27-28H,7-8,15,18-19H2,1-6H3,(H,39,41)(H,40,42)/t27-,28-/m0/s1. The molecule has 2 saturated heterocycles. The lowest BCUT2D eigenvalue weighted by Crippen LogP contribution is -2.38. The number of H-pyrrole nitrogens is 2. The first-order chi connectivity index (χ1) is 22.5. The molecule has 0 radical (unpaired) electrons. The summed E-state index contributed by atoms with van der Waals surface area (Å²) in [6.07, 6.45) is 0.0302. The van der Waals surface area contributed by atoms with E-state index in [0.717, 1.165) is 56.5 Å². The highest BCUT2D eigenvalue weighted by Gasteiger charge is 2.50. The molecule has 0 saturated carbocycles. The van der Waals surface area contributed by atoms with Gasteiger partial charge in [-0.3, -0.25) is 9.80 Å². The van der Waals surface area contributed by atoms with Crippen LogP contribution in [0.25, 0.3) is 44.0 Å². The summed E-state index contributed by atoms with van der Waals surface area (Å²) in [5, 5.41) is 1.98. The molecule has 0 aliphatic carbocycles. The second-order valence-corrected chi connectivity index (χ2v) is 14.9. The number of nitrogens with zero attached hydrogens (tertiary/aromatic N) is 4. The Hall–Kier alpha value is -4.74. The Kier molecular flexibility index (Phi) is 7.41. The van der Waals surface area contributed by atoms with Gasteiger partial charge in [-0.2, -0.15) is 0 Å². The zero-order valence-electron chi connectivity index (χ0n) is 28.0. The molecule has 7 rings (SSSR count). The summed E-state index contributed by atoms with van der Waals surface area (Å²) in [5.41, 5.74) is 3.52. The van der Waals surface area contributed by atoms with Crippen LogP contribution in [0.1, 0.15) is 84.5 Å². The molecular weight excluding hydrogens is 618 g/mol. The van der Waals surface area contributed by atoms with Crippen LogP contribution in [0.2, 0.25) is 0 Å². The molecule has 0 bridgehead atoms. The number of benzene rings is 3. The Morgan fingerprint density at radius 3 is 2.19 bits per heavy atom. The predicted molar refractivity (Wildman–Crippen MR) is 179 cm³/mol. The Labute approximate surface area is 276 Å². The quantitative estimate of drug-likeness (QED) is 0.200. The van der Waals surface area contributed by atoms with Gasteiger partial charge in [0.2, 0.25) is 0 Å². The summed E-state index contributed by atoms with van der Waals surface area (Å²) < 4.78 is 40.2. The van der Waals surface area contributed by atoms with E-state index < -0.39 is 42.2 Å². The molecule has 4 heterocycles. The SMILES string of the molecule is CC(C)(C)OC(=O)N1CC(F)(F)C[C@H]1c1nc2ccc(-c3ccc4c(ccc5[nH]c([C@@H]6CCCN6C(=O)OC(C)(C)C)nc54)c3)cc2[nH]1. The van der Waals surface area contributed by atoms with Crippen molar-refractivity contribution in [2.45, 2.75) is 90.0 Å². The summed E-state index contributed by atoms with van der Waals surface area (Å²) in [6.45, 7) is 10.6. The molecule has 12 heteroatoms. The van der Waals surface area contributed by atoms with E-state index in [4.69, 9.17) is 14.5 Å². The minimum absolute atomic E-state index is 0.181. The van der Waals surface area contributed by atoms with Gasteiger partial charge in [-0.15, -0.1) is 0 Å². The zero-order valence-corrected chi connectivity index (χ0v) is 28.0. The molecule has 0 unspecified atom stereocenters. The van der Waals surface area contributed by atoms with Gasteiger partial charge in [0, 0.05) is 18.4 Å². The topological polar surface area (TPSA) is 116 Å². The largest absolute Gasteiger partial charge is 0.444 e. The average Bonchev–Trinajstić information content (AvgIpc) is 3.78. The molecule has 10 nitrogen and oxygen atoms in total. The Bertz CT molecular complexity index is 2060. The number of hydrogen-bond acceptors (Lipinski definition) is 6. The van der Waals surface area contributed by atoms with Crippen LogP contribution in [0.4, 0.5) is 18.4 Å². The van der Waals surface area contributed by atoms with Gasteiger partial charge < -0.3 is 19.4 Å². The minimum Gasteiger partial charge on any atom is -0.444 e. The van der Waals surface area contributed by atoms with E-state index in [1.54, 1.807) is 25.7 Å². The molecule has 2 amide bonds. The van der Waals surface area contributed by atoms with Crippen molar-refractivity contribution in [1.82, 2.24) is 29.7 Å². The highest BCUT2D eigenvalue weighted by atomic mass is 19.3. The van der Waals surface area contributed by atoms with Crippen LogP contribution >= 0.6 is 0 Å². The number of amides is 2. The van der Waals surface area contributed by atoms with E-state index in [1.807, 2.05) is 63.2 Å². The number of hydrogen-bond donors (Lipinski definition) is 2. The van der Waals surface area contributed by atoms with Gasteiger partial charge in [0.05, 0.1) is 40.7 Å². The van der Waals surface area contributed by atoms with Crippen molar-refractivity contribution in [3.8, 4) is 11.1 Å². The maximum Gasteiger partial charge on any atom is 0.411 e. The van der Waals surface area contributed by atoms with Crippen LogP contribution in [0.15, 0.2) is 48.5 Å². The van der Waals surface area contributed by atoms with Gasteiger partial charge in [-0.05, 0) is 95.2 Å². The monoisotopic (exact) mass is 658 g/mol. The fourth-order valence-corrected chi connectivity index (χ4v) is 6.69. The summed E-state index contributed by atoms with van der Waals surface area (Å²) in [6, 6.07) is 14.8. The Morgan fingerprint density at radius 1 is 0.812 bits per heavy atom. The number of aromatic nitrogens is 4. The van der Waals surface area contributed by atoms with E-state index in [0.29, 0.717) is 23.4 Å². The summed E-state index contributed by atoms with van der Waals surface area (Å²) >= 11 is 0. The van der Waals surface area contributed by atoms with Crippen LogP contribution in [-0.2, 0) is 9.47 Å². The van der Waals surface area contributed by atoms with Crippen molar-refractivity contribution in [2.75, 3.05) is 13.1 Å². The highest BCUT2D eigenvalue weighted by molar-refractivity contribution is 6.05. The molecule has 2 aliphatic rings. The number of halogens is 2. The number of rotatable bonds is 3. The average molecular weight is 659 g/mol. The molecule has 3 aromatic carbocycles. The van der Waals surface area contributed by atoms with E-state index in [9.17, 15) is 18.4 Å². The Morgan fingerprint density at radius 2 is 1.46 bits per heavy atom. The van der Waals surface area contributed by atoms with Crippen molar-refractivity contribution < 1.29 is 27.8 Å². The number of nitrogens with one attached hydrogen (secondary N) is 2. The van der Waals surface area contributed by atoms with E-state index in [-0.39, 0.29) is 12.1 Å². The third-order valence-electron chi connectivity index (χ3n) is 8.73. The number of imidazole rings is 2. The molecule has 2 atom stereocenters. The molecule has 2 aromatic heterocycles. The molecule has 2 aliphatic heterocycles. The van der Waals surface area contributed by atoms with Crippen molar-refractivity contribution in [3.63, 3.8) is 0 Å². The third kappa shape index (κ3) is 6.15. The molecule has 252 valence electrons. The van der Waals surface area contributed by atoms with Crippen molar-refractivity contribution >= 4 is 45.0 Å². The normalized spacial score (nSPS) is 19.9. The summed E-state index contributed by atoms with van der Waals surface area (Å²) in [7, 11) is 0. The van der Waals surface area contributed by atoms with Gasteiger partial charge in [0.1, 0.15) is 22.9 Å². The second kappa shape index (κ2) is 11.2. The van der Waals surface area contributed by atoms with E-state index >= 15 is 0 Å². The lowest BCUT2D eigenvalue weighted by molar-refractivity contribution is -0.00248. The van der Waals surface area contributed by atoms with Gasteiger partial charge in [0.15, 0.2) is 0 Å². The first-order valence-electron chi connectivity index (χ1n) is 16.3. The number of fused-ring (bicyclic) bond motifs is 4. The predicted octanol–water partition coefficient (Wildman–Crippen LogP) is 8.65. The van der Waals surface area contributed by atoms with Gasteiger partial charge in [-0.25, -0.2) is 28.3 Å². The maximum atomic E-state index is 14.6. The van der Waals surface area contributed by atoms with Crippen molar-refractivity contribution in [1.29, 1.82) is 0 Å². The summed E-state index contributed by atoms with van der Waals surface area (Å²) in [4.78, 5) is 44.8. The van der Waals surface area contributed by atoms with Crippen LogP contribution < -0.4 is 0 Å². The fraction of sp³-hybridized carbons (Fsp3) is 0.444. The van der Waals surface area contributed by atoms with Gasteiger partial charge in [-0.1, -0.05) is 24.3 Å². The first kappa shape index (κ1) is 31.8. The zero-order chi connectivity index (χ0) is 34.2. The van der Waals surface area contributed by atoms with Crippen LogP contribution in [0, 0.1) is 0 Å². The fourth-order valence-electron chi connectivity index (χ4n) is 6.69. The molecule has 5 aromatic rings. The molecule has 0 spiro atoms. The lowest BCUT2D eigenvalue weighted by Gasteiger charge is -2.27. The van der Waals surface area contributed by atoms with Crippen LogP contribution in [0.5, 0.6) is 0 Å². The van der Waals surface area contributed by atoms with Crippen molar-refractivity contribution in [3.05, 3.63) is 60.2 Å². The maximum absolute atomic E-state index is 14.6. The summed E-state index contributed by atoms with van der Waals surface area (Å²) in [5.74, 6) is -2.00. The molecule has 2 N–H and O–H groups in total. The third-order valence-corrected chi connectivity index (χ3v) is 8.73. The van der Waals surface area contributed by atoms with Crippen molar-refractivity contribution in [2.24, 2.45) is 0 Å². The number of aromatic amines is 2.